The van der Waals surface area contributed by atoms with E-state index in [0.717, 1.165) is 16.9 Å². The molecule has 1 atom stereocenters. The Kier molecular flexibility index (Phi) is 4.28. The lowest BCUT2D eigenvalue weighted by Gasteiger charge is -2.23. The highest BCUT2D eigenvalue weighted by molar-refractivity contribution is 7.99. The molecule has 3 aromatic rings. The van der Waals surface area contributed by atoms with Crippen LogP contribution in [0.5, 0.6) is 0 Å². The largest absolute Gasteiger partial charge is 0.355 e. The van der Waals surface area contributed by atoms with Gasteiger partial charge in [0, 0.05) is 23.9 Å². The van der Waals surface area contributed by atoms with Crippen molar-refractivity contribution in [2.45, 2.75) is 5.37 Å². The van der Waals surface area contributed by atoms with E-state index in [1.165, 1.54) is 12.1 Å². The number of carbonyl (C=O) groups is 1. The minimum atomic E-state index is -0.301. The third kappa shape index (κ3) is 3.17. The summed E-state index contributed by atoms with van der Waals surface area (Å²) in [6.45, 7) is 0.595. The van der Waals surface area contributed by atoms with Gasteiger partial charge in [-0.2, -0.15) is 0 Å². The Morgan fingerprint density at radius 3 is 2.80 bits per heavy atom. The van der Waals surface area contributed by atoms with Crippen LogP contribution in [0.15, 0.2) is 65.2 Å². The number of thioether (sulfide) groups is 1. The molecule has 1 aliphatic heterocycles. The molecule has 1 aliphatic rings. The first-order valence-corrected chi connectivity index (χ1v) is 8.97. The smallest absolute Gasteiger partial charge is 0.277 e. The highest BCUT2D eigenvalue weighted by Crippen LogP contribution is 2.39. The fraction of sp³-hybridized carbons (Fsp3) is 0.158. The third-order valence-electron chi connectivity index (χ3n) is 4.07. The van der Waals surface area contributed by atoms with Crippen LogP contribution in [-0.4, -0.2) is 28.3 Å². The lowest BCUT2D eigenvalue weighted by molar-refractivity contribution is 0.0749. The van der Waals surface area contributed by atoms with Gasteiger partial charge in [-0.15, -0.1) is 11.8 Å². The molecular formula is C19H15FN2O2S. The highest BCUT2D eigenvalue weighted by Gasteiger charge is 2.33. The quantitative estimate of drug-likeness (QED) is 0.701. The SMILES string of the molecule is O=C(c1cc(-c2ccccc2)on1)N1CCSC1c1cccc(F)c1. The molecule has 0 spiro atoms. The van der Waals surface area contributed by atoms with Gasteiger partial charge in [0.2, 0.25) is 0 Å². The van der Waals surface area contributed by atoms with Crippen molar-refractivity contribution in [1.82, 2.24) is 10.1 Å². The van der Waals surface area contributed by atoms with Crippen molar-refractivity contribution >= 4 is 17.7 Å². The molecule has 1 amide bonds. The van der Waals surface area contributed by atoms with E-state index in [-0.39, 0.29) is 22.8 Å². The number of hydrogen-bond donors (Lipinski definition) is 0. The Labute approximate surface area is 148 Å². The van der Waals surface area contributed by atoms with Crippen molar-refractivity contribution in [3.63, 3.8) is 0 Å². The third-order valence-corrected chi connectivity index (χ3v) is 5.33. The molecule has 1 aromatic heterocycles. The molecule has 2 heterocycles. The molecule has 1 fully saturated rings. The first kappa shape index (κ1) is 15.9. The average Bonchev–Trinajstić information content (AvgIpc) is 3.32. The van der Waals surface area contributed by atoms with E-state index in [4.69, 9.17) is 4.52 Å². The Bertz CT molecular complexity index is 897. The van der Waals surface area contributed by atoms with Gasteiger partial charge in [0.15, 0.2) is 11.5 Å². The van der Waals surface area contributed by atoms with Gasteiger partial charge in [0.05, 0.1) is 0 Å². The molecule has 0 saturated carbocycles. The maximum atomic E-state index is 13.5. The van der Waals surface area contributed by atoms with Crippen LogP contribution < -0.4 is 0 Å². The van der Waals surface area contributed by atoms with Crippen molar-refractivity contribution in [1.29, 1.82) is 0 Å². The van der Waals surface area contributed by atoms with Crippen LogP contribution in [0, 0.1) is 5.82 Å². The molecule has 0 N–H and O–H groups in total. The van der Waals surface area contributed by atoms with Crippen LogP contribution in [-0.2, 0) is 0 Å². The molecule has 0 bridgehead atoms. The average molecular weight is 354 g/mol. The van der Waals surface area contributed by atoms with Gasteiger partial charge in [-0.1, -0.05) is 47.6 Å². The van der Waals surface area contributed by atoms with Gasteiger partial charge >= 0.3 is 0 Å². The minimum absolute atomic E-state index is 0.204. The van der Waals surface area contributed by atoms with Crippen LogP contribution in [0.1, 0.15) is 21.4 Å². The number of benzene rings is 2. The van der Waals surface area contributed by atoms with E-state index < -0.39 is 0 Å². The number of hydrogen-bond acceptors (Lipinski definition) is 4. The summed E-state index contributed by atoms with van der Waals surface area (Å²) in [5.74, 6) is 0.851. The fourth-order valence-electron chi connectivity index (χ4n) is 2.88. The summed E-state index contributed by atoms with van der Waals surface area (Å²) in [4.78, 5) is 14.6. The number of halogens is 1. The summed E-state index contributed by atoms with van der Waals surface area (Å²) in [7, 11) is 0. The molecule has 126 valence electrons. The molecule has 6 heteroatoms. The first-order chi connectivity index (χ1) is 12.2. The van der Waals surface area contributed by atoms with Crippen LogP contribution in [0.3, 0.4) is 0 Å². The van der Waals surface area contributed by atoms with Crippen molar-refractivity contribution in [2.75, 3.05) is 12.3 Å². The first-order valence-electron chi connectivity index (χ1n) is 7.92. The van der Waals surface area contributed by atoms with E-state index in [1.54, 1.807) is 28.8 Å². The Morgan fingerprint density at radius 2 is 2.00 bits per heavy atom. The molecular weight excluding hydrogens is 339 g/mol. The molecule has 2 aromatic carbocycles. The minimum Gasteiger partial charge on any atom is -0.355 e. The molecule has 0 radical (unpaired) electrons. The predicted molar refractivity (Wildman–Crippen MR) is 94.6 cm³/mol. The van der Waals surface area contributed by atoms with Crippen molar-refractivity contribution in [3.8, 4) is 11.3 Å². The predicted octanol–water partition coefficient (Wildman–Crippen LogP) is 4.37. The second kappa shape index (κ2) is 6.72. The second-order valence-electron chi connectivity index (χ2n) is 5.72. The van der Waals surface area contributed by atoms with Gasteiger partial charge in [0.1, 0.15) is 11.2 Å². The van der Waals surface area contributed by atoms with Gasteiger partial charge in [-0.05, 0) is 17.7 Å². The number of amides is 1. The van der Waals surface area contributed by atoms with Gasteiger partial charge < -0.3 is 9.42 Å². The fourth-order valence-corrected chi connectivity index (χ4v) is 4.12. The van der Waals surface area contributed by atoms with Gasteiger partial charge in [-0.25, -0.2) is 4.39 Å². The van der Waals surface area contributed by atoms with Gasteiger partial charge in [-0.3, -0.25) is 4.79 Å². The Morgan fingerprint density at radius 1 is 1.16 bits per heavy atom. The molecule has 25 heavy (non-hydrogen) atoms. The standard InChI is InChI=1S/C19H15FN2O2S/c20-15-8-4-7-14(11-15)19-22(9-10-25-19)18(23)16-12-17(24-21-16)13-5-2-1-3-6-13/h1-8,11-12,19H,9-10H2. The lowest BCUT2D eigenvalue weighted by Crippen LogP contribution is -2.30. The van der Waals surface area contributed by atoms with E-state index >= 15 is 0 Å². The zero-order chi connectivity index (χ0) is 17.2. The summed E-state index contributed by atoms with van der Waals surface area (Å²) in [6, 6.07) is 17.5. The highest BCUT2D eigenvalue weighted by atomic mass is 32.2. The maximum absolute atomic E-state index is 13.5. The number of nitrogens with zero attached hydrogens (tertiary/aromatic N) is 2. The summed E-state index contributed by atoms with van der Waals surface area (Å²) >= 11 is 1.62. The van der Waals surface area contributed by atoms with E-state index in [0.29, 0.717) is 12.3 Å². The lowest BCUT2D eigenvalue weighted by atomic mass is 10.1. The molecule has 1 saturated heterocycles. The number of carbonyl (C=O) groups excluding carboxylic acids is 1. The molecule has 1 unspecified atom stereocenters. The zero-order valence-corrected chi connectivity index (χ0v) is 14.1. The monoisotopic (exact) mass is 354 g/mol. The summed E-state index contributed by atoms with van der Waals surface area (Å²) in [5, 5.41) is 3.72. The molecule has 0 aliphatic carbocycles. The summed E-state index contributed by atoms with van der Waals surface area (Å²) in [5.41, 5.74) is 1.91. The zero-order valence-electron chi connectivity index (χ0n) is 13.3. The molecule has 4 nitrogen and oxygen atoms in total. The van der Waals surface area contributed by atoms with E-state index in [2.05, 4.69) is 5.16 Å². The summed E-state index contributed by atoms with van der Waals surface area (Å²) in [6.07, 6.45) is 0. The second-order valence-corrected chi connectivity index (χ2v) is 6.91. The van der Waals surface area contributed by atoms with Crippen LogP contribution in [0.2, 0.25) is 0 Å². The number of rotatable bonds is 3. The van der Waals surface area contributed by atoms with Crippen LogP contribution in [0.4, 0.5) is 4.39 Å². The van der Waals surface area contributed by atoms with Crippen molar-refractivity contribution < 1.29 is 13.7 Å². The Hall–Kier alpha value is -2.60. The Balaban J connectivity index is 1.59. The summed E-state index contributed by atoms with van der Waals surface area (Å²) < 4.78 is 18.8. The molecule has 4 rings (SSSR count). The topological polar surface area (TPSA) is 46.3 Å². The van der Waals surface area contributed by atoms with Gasteiger partial charge in [0.25, 0.3) is 5.91 Å². The number of aromatic nitrogens is 1. The van der Waals surface area contributed by atoms with E-state index in [1.807, 2.05) is 36.4 Å². The van der Waals surface area contributed by atoms with E-state index in [9.17, 15) is 9.18 Å². The normalized spacial score (nSPS) is 17.0. The van der Waals surface area contributed by atoms with Crippen LogP contribution >= 0.6 is 11.8 Å². The van der Waals surface area contributed by atoms with Crippen molar-refractivity contribution in [2.24, 2.45) is 0 Å². The maximum Gasteiger partial charge on any atom is 0.277 e. The van der Waals surface area contributed by atoms with Crippen molar-refractivity contribution in [3.05, 3.63) is 77.7 Å². The van der Waals surface area contributed by atoms with Crippen LogP contribution in [0.25, 0.3) is 11.3 Å².